The second-order valence-electron chi connectivity index (χ2n) is 5.96. The molecule has 1 aliphatic carbocycles. The summed E-state index contributed by atoms with van der Waals surface area (Å²) < 4.78 is 13.8. The third-order valence-corrected chi connectivity index (χ3v) is 4.00. The molecule has 0 aliphatic heterocycles. The van der Waals surface area contributed by atoms with Gasteiger partial charge < -0.3 is 10.2 Å². The zero-order valence-corrected chi connectivity index (χ0v) is 14.1. The van der Waals surface area contributed by atoms with E-state index in [1.54, 1.807) is 25.1 Å². The van der Waals surface area contributed by atoms with Crippen LogP contribution in [0, 0.1) is 5.82 Å². The summed E-state index contributed by atoms with van der Waals surface area (Å²) >= 11 is 5.97. The van der Waals surface area contributed by atoms with Crippen molar-refractivity contribution < 1.29 is 14.0 Å². The van der Waals surface area contributed by atoms with Gasteiger partial charge in [0.1, 0.15) is 5.82 Å². The van der Waals surface area contributed by atoms with Gasteiger partial charge in [-0.2, -0.15) is 0 Å². The lowest BCUT2D eigenvalue weighted by Gasteiger charge is -2.22. The van der Waals surface area contributed by atoms with Gasteiger partial charge >= 0.3 is 0 Å². The van der Waals surface area contributed by atoms with Crippen molar-refractivity contribution in [3.05, 3.63) is 34.6 Å². The number of hydrogen-bond acceptors (Lipinski definition) is 3. The molecule has 0 spiro atoms. The van der Waals surface area contributed by atoms with Crippen molar-refractivity contribution in [1.82, 2.24) is 15.1 Å². The smallest absolute Gasteiger partial charge is 0.236 e. The average molecular weight is 342 g/mol. The minimum Gasteiger partial charge on any atom is -0.352 e. The van der Waals surface area contributed by atoms with Gasteiger partial charge in [-0.3, -0.25) is 14.5 Å². The Hall–Kier alpha value is -1.66. The van der Waals surface area contributed by atoms with Crippen LogP contribution in [0.1, 0.15) is 18.4 Å². The number of carbonyl (C=O) groups excluding carboxylic acids is 2. The number of amides is 2. The fourth-order valence-electron chi connectivity index (χ4n) is 2.16. The Morgan fingerprint density at radius 2 is 2.00 bits per heavy atom. The summed E-state index contributed by atoms with van der Waals surface area (Å²) in [6, 6.07) is 4.73. The molecule has 0 aromatic heterocycles. The molecule has 1 aliphatic rings. The first kappa shape index (κ1) is 17.7. The predicted molar refractivity (Wildman–Crippen MR) is 86.5 cm³/mol. The van der Waals surface area contributed by atoms with Crippen molar-refractivity contribution in [2.75, 3.05) is 27.2 Å². The summed E-state index contributed by atoms with van der Waals surface area (Å²) in [5.74, 6) is -0.719. The van der Waals surface area contributed by atoms with E-state index < -0.39 is 5.82 Å². The normalized spacial score (nSPS) is 14.0. The summed E-state index contributed by atoms with van der Waals surface area (Å²) in [6.45, 7) is 0.337. The first-order chi connectivity index (χ1) is 10.9. The van der Waals surface area contributed by atoms with Crippen molar-refractivity contribution in [3.8, 4) is 0 Å². The Kier molecular flexibility index (Phi) is 5.96. The molecule has 1 fully saturated rings. The fourth-order valence-corrected chi connectivity index (χ4v) is 2.39. The van der Waals surface area contributed by atoms with Gasteiger partial charge in [0, 0.05) is 30.2 Å². The Labute approximate surface area is 140 Å². The van der Waals surface area contributed by atoms with E-state index in [1.807, 2.05) is 0 Å². The number of nitrogens with zero attached hydrogens (tertiary/aromatic N) is 2. The van der Waals surface area contributed by atoms with Crippen molar-refractivity contribution in [1.29, 1.82) is 0 Å². The van der Waals surface area contributed by atoms with Gasteiger partial charge in [0.05, 0.1) is 13.1 Å². The van der Waals surface area contributed by atoms with E-state index in [0.717, 1.165) is 12.8 Å². The monoisotopic (exact) mass is 341 g/mol. The lowest BCUT2D eigenvalue weighted by molar-refractivity contribution is -0.132. The van der Waals surface area contributed by atoms with Gasteiger partial charge in [0.15, 0.2) is 0 Å². The quantitative estimate of drug-likeness (QED) is 0.820. The highest BCUT2D eigenvalue weighted by molar-refractivity contribution is 6.31. The number of benzene rings is 1. The molecule has 1 aromatic rings. The average Bonchev–Trinajstić information content (AvgIpc) is 3.26. The molecule has 0 atom stereocenters. The minimum absolute atomic E-state index is 0.0809. The summed E-state index contributed by atoms with van der Waals surface area (Å²) in [5, 5.41) is 3.16. The molecule has 126 valence electrons. The molecule has 0 saturated heterocycles. The number of likely N-dealkylation sites (N-methyl/N-ethyl adjacent to an activating group) is 2. The Morgan fingerprint density at radius 3 is 2.61 bits per heavy atom. The van der Waals surface area contributed by atoms with Gasteiger partial charge in [-0.15, -0.1) is 0 Å². The Balaban J connectivity index is 1.83. The summed E-state index contributed by atoms with van der Waals surface area (Å²) in [6.07, 6.45) is 2.06. The Bertz CT molecular complexity index is 572. The van der Waals surface area contributed by atoms with Crippen LogP contribution >= 0.6 is 11.6 Å². The minimum atomic E-state index is -0.436. The molecule has 5 nitrogen and oxygen atoms in total. The van der Waals surface area contributed by atoms with E-state index in [4.69, 9.17) is 11.6 Å². The highest BCUT2D eigenvalue weighted by Crippen LogP contribution is 2.20. The molecule has 0 radical (unpaired) electrons. The second-order valence-corrected chi connectivity index (χ2v) is 6.37. The number of nitrogens with one attached hydrogen (secondary N) is 1. The zero-order chi connectivity index (χ0) is 17.0. The maximum atomic E-state index is 13.8. The predicted octanol–water partition coefficient (Wildman–Crippen LogP) is 1.65. The largest absolute Gasteiger partial charge is 0.352 e. The first-order valence-corrected chi connectivity index (χ1v) is 7.89. The second kappa shape index (κ2) is 7.75. The summed E-state index contributed by atoms with van der Waals surface area (Å²) in [7, 11) is 3.29. The fraction of sp³-hybridized carbons (Fsp3) is 0.500. The first-order valence-electron chi connectivity index (χ1n) is 7.51. The third kappa shape index (κ3) is 5.48. The van der Waals surface area contributed by atoms with Gasteiger partial charge in [-0.25, -0.2) is 4.39 Å². The molecule has 7 heteroatoms. The van der Waals surface area contributed by atoms with Gasteiger partial charge in [-0.05, 0) is 32.0 Å². The van der Waals surface area contributed by atoms with E-state index >= 15 is 0 Å². The summed E-state index contributed by atoms with van der Waals surface area (Å²) in [5.41, 5.74) is 0.291. The van der Waals surface area contributed by atoms with Crippen LogP contribution in [-0.4, -0.2) is 54.8 Å². The van der Waals surface area contributed by atoms with Crippen molar-refractivity contribution >= 4 is 23.4 Å². The van der Waals surface area contributed by atoms with E-state index in [9.17, 15) is 14.0 Å². The number of carbonyl (C=O) groups is 2. The van der Waals surface area contributed by atoms with Crippen LogP contribution in [0.4, 0.5) is 4.39 Å². The molecule has 2 amide bonds. The molecule has 23 heavy (non-hydrogen) atoms. The third-order valence-electron chi connectivity index (χ3n) is 3.64. The van der Waals surface area contributed by atoms with Gasteiger partial charge in [0.2, 0.25) is 11.8 Å². The van der Waals surface area contributed by atoms with Crippen molar-refractivity contribution in [3.63, 3.8) is 0 Å². The zero-order valence-electron chi connectivity index (χ0n) is 13.3. The maximum absolute atomic E-state index is 13.8. The standard InChI is InChI=1S/C16H21ClFN3O2/c1-20(9-15(22)19-11-6-7-11)10-16(23)21(2)8-12-13(17)4-3-5-14(12)18/h3-5,11H,6-10H2,1-2H3,(H,19,22). The molecule has 1 aromatic carbocycles. The SMILES string of the molecule is CN(CC(=O)NC1CC1)CC(=O)N(C)Cc1c(F)cccc1Cl. The highest BCUT2D eigenvalue weighted by atomic mass is 35.5. The van der Waals surface area contributed by atoms with Crippen LogP contribution in [0.25, 0.3) is 0 Å². The van der Waals surface area contributed by atoms with E-state index in [-0.39, 0.29) is 31.4 Å². The molecule has 1 saturated carbocycles. The summed E-state index contributed by atoms with van der Waals surface area (Å²) in [4.78, 5) is 26.9. The van der Waals surface area contributed by atoms with Crippen LogP contribution in [0.3, 0.4) is 0 Å². The number of rotatable bonds is 7. The van der Waals surface area contributed by atoms with E-state index in [2.05, 4.69) is 5.32 Å². The number of hydrogen-bond donors (Lipinski definition) is 1. The van der Waals surface area contributed by atoms with Crippen LogP contribution in [0.15, 0.2) is 18.2 Å². The van der Waals surface area contributed by atoms with Crippen molar-refractivity contribution in [2.24, 2.45) is 0 Å². The van der Waals surface area contributed by atoms with Gasteiger partial charge in [-0.1, -0.05) is 17.7 Å². The molecule has 0 bridgehead atoms. The molecule has 1 N–H and O–H groups in total. The molecule has 0 unspecified atom stereocenters. The van der Waals surface area contributed by atoms with Crippen LogP contribution in [0.5, 0.6) is 0 Å². The van der Waals surface area contributed by atoms with E-state index in [0.29, 0.717) is 16.6 Å². The van der Waals surface area contributed by atoms with Crippen LogP contribution in [0.2, 0.25) is 5.02 Å². The maximum Gasteiger partial charge on any atom is 0.236 e. The Morgan fingerprint density at radius 1 is 1.30 bits per heavy atom. The van der Waals surface area contributed by atoms with Gasteiger partial charge in [0.25, 0.3) is 0 Å². The molecular formula is C16H21ClFN3O2. The molecular weight excluding hydrogens is 321 g/mol. The van der Waals surface area contributed by atoms with E-state index in [1.165, 1.54) is 17.0 Å². The molecule has 2 rings (SSSR count). The number of halogens is 2. The lowest BCUT2D eigenvalue weighted by atomic mass is 10.2. The lowest BCUT2D eigenvalue weighted by Crippen LogP contribution is -2.41. The topological polar surface area (TPSA) is 52.7 Å². The molecule has 0 heterocycles. The van der Waals surface area contributed by atoms with Crippen LogP contribution < -0.4 is 5.32 Å². The van der Waals surface area contributed by atoms with Crippen molar-refractivity contribution in [2.45, 2.75) is 25.4 Å². The van der Waals surface area contributed by atoms with Crippen LogP contribution in [-0.2, 0) is 16.1 Å². The highest BCUT2D eigenvalue weighted by Gasteiger charge is 2.24.